The summed E-state index contributed by atoms with van der Waals surface area (Å²) < 4.78 is 6.19. The summed E-state index contributed by atoms with van der Waals surface area (Å²) in [5.41, 5.74) is 0.996. The van der Waals surface area contributed by atoms with E-state index in [1.54, 1.807) is 0 Å². The van der Waals surface area contributed by atoms with Gasteiger partial charge in [0.05, 0.1) is 13.2 Å². The predicted molar refractivity (Wildman–Crippen MR) is 99.0 cm³/mol. The Morgan fingerprint density at radius 1 is 1.24 bits per heavy atom. The molecule has 132 valence electrons. The molecule has 2 heterocycles. The van der Waals surface area contributed by atoms with Gasteiger partial charge in [-0.3, -0.25) is 4.79 Å². The molecule has 1 atom stereocenters. The molecule has 1 aromatic carbocycles. The molecule has 1 aliphatic carbocycles. The van der Waals surface area contributed by atoms with E-state index in [-0.39, 0.29) is 11.2 Å². The highest BCUT2D eigenvalue weighted by molar-refractivity contribution is 8.01. The minimum Gasteiger partial charge on any atom is -0.378 e. The molecule has 1 amide bonds. The van der Waals surface area contributed by atoms with Crippen LogP contribution in [0.5, 0.6) is 0 Å². The normalized spacial score (nSPS) is 18.8. The largest absolute Gasteiger partial charge is 0.378 e. The Hall–Kier alpha value is -1.64. The van der Waals surface area contributed by atoms with E-state index in [0.717, 1.165) is 15.0 Å². The second-order valence-corrected chi connectivity index (χ2v) is 8.47. The minimum atomic E-state index is -0.305. The van der Waals surface area contributed by atoms with Crippen molar-refractivity contribution in [3.63, 3.8) is 0 Å². The van der Waals surface area contributed by atoms with Crippen molar-refractivity contribution in [2.24, 2.45) is 0 Å². The van der Waals surface area contributed by atoms with E-state index in [1.807, 2.05) is 35.2 Å². The van der Waals surface area contributed by atoms with Gasteiger partial charge in [0.2, 0.25) is 11.0 Å². The second kappa shape index (κ2) is 7.72. The van der Waals surface area contributed by atoms with Gasteiger partial charge in [0.15, 0.2) is 4.34 Å². The fourth-order valence-corrected chi connectivity index (χ4v) is 4.76. The van der Waals surface area contributed by atoms with Crippen molar-refractivity contribution in [3.8, 4) is 0 Å². The van der Waals surface area contributed by atoms with Crippen molar-refractivity contribution in [2.45, 2.75) is 28.5 Å². The summed E-state index contributed by atoms with van der Waals surface area (Å²) >= 11 is 3.01. The Morgan fingerprint density at radius 3 is 2.72 bits per heavy atom. The molecular weight excluding hydrogens is 356 g/mol. The summed E-state index contributed by atoms with van der Waals surface area (Å²) in [6.45, 7) is 2.50. The van der Waals surface area contributed by atoms with Crippen LogP contribution in [0, 0.1) is 0 Å². The Morgan fingerprint density at radius 2 is 2.00 bits per heavy atom. The number of carbonyl (C=O) groups excluding carboxylic acids is 1. The maximum Gasteiger partial charge on any atom is 0.240 e. The monoisotopic (exact) mass is 376 g/mol. The average molecular weight is 377 g/mol. The van der Waals surface area contributed by atoms with Crippen LogP contribution < -0.4 is 5.32 Å². The lowest BCUT2D eigenvalue weighted by Crippen LogP contribution is -2.42. The highest BCUT2D eigenvalue weighted by atomic mass is 32.2. The van der Waals surface area contributed by atoms with Gasteiger partial charge in [0.1, 0.15) is 5.25 Å². The molecule has 8 heteroatoms. The maximum atomic E-state index is 13.1. The first-order chi connectivity index (χ1) is 12.3. The van der Waals surface area contributed by atoms with Crippen LogP contribution in [-0.4, -0.2) is 53.3 Å². The van der Waals surface area contributed by atoms with Crippen LogP contribution >= 0.6 is 23.1 Å². The van der Waals surface area contributed by atoms with Gasteiger partial charge in [0.25, 0.3) is 0 Å². The van der Waals surface area contributed by atoms with E-state index in [2.05, 4.69) is 15.5 Å². The molecule has 1 aromatic heterocycles. The zero-order chi connectivity index (χ0) is 17.1. The SMILES string of the molecule is O=C([C@H](Sc1nnc(NC2CC2)s1)c1ccccc1)N1CCOCC1. The van der Waals surface area contributed by atoms with Gasteiger partial charge in [-0.15, -0.1) is 10.2 Å². The maximum absolute atomic E-state index is 13.1. The summed E-state index contributed by atoms with van der Waals surface area (Å²) in [5, 5.41) is 12.4. The first kappa shape index (κ1) is 16.8. The highest BCUT2D eigenvalue weighted by Gasteiger charge is 2.30. The molecule has 0 spiro atoms. The number of nitrogens with zero attached hydrogens (tertiary/aromatic N) is 3. The molecule has 2 aliphatic rings. The number of anilines is 1. The molecule has 6 nitrogen and oxygen atoms in total. The third-order valence-electron chi connectivity index (χ3n) is 4.18. The van der Waals surface area contributed by atoms with Crippen LogP contribution in [0.25, 0.3) is 0 Å². The number of hydrogen-bond donors (Lipinski definition) is 1. The minimum absolute atomic E-state index is 0.117. The number of ether oxygens (including phenoxy) is 1. The lowest BCUT2D eigenvalue weighted by atomic mass is 10.1. The van der Waals surface area contributed by atoms with Crippen LogP contribution in [-0.2, 0) is 9.53 Å². The molecule has 25 heavy (non-hydrogen) atoms. The van der Waals surface area contributed by atoms with Crippen LogP contribution in [0.2, 0.25) is 0 Å². The number of amides is 1. The van der Waals surface area contributed by atoms with Crippen LogP contribution in [0.4, 0.5) is 5.13 Å². The summed E-state index contributed by atoms with van der Waals surface area (Å²) in [5.74, 6) is 0.117. The third kappa shape index (κ3) is 4.31. The molecule has 1 saturated heterocycles. The van der Waals surface area contributed by atoms with Crippen molar-refractivity contribution < 1.29 is 9.53 Å². The van der Waals surface area contributed by atoms with Crippen molar-refractivity contribution in [3.05, 3.63) is 35.9 Å². The third-order valence-corrected chi connectivity index (χ3v) is 6.36. The number of carbonyl (C=O) groups is 1. The number of morpholine rings is 1. The molecular formula is C17H20N4O2S2. The summed E-state index contributed by atoms with van der Waals surface area (Å²) in [7, 11) is 0. The molecule has 1 aliphatic heterocycles. The molecule has 0 radical (unpaired) electrons. The Kier molecular flexibility index (Phi) is 5.19. The van der Waals surface area contributed by atoms with E-state index in [4.69, 9.17) is 4.74 Å². The molecule has 4 rings (SSSR count). The lowest BCUT2D eigenvalue weighted by Gasteiger charge is -2.30. The van der Waals surface area contributed by atoms with Crippen molar-refractivity contribution in [1.82, 2.24) is 15.1 Å². The summed E-state index contributed by atoms with van der Waals surface area (Å²) in [4.78, 5) is 15.0. The van der Waals surface area contributed by atoms with Crippen LogP contribution in [0.15, 0.2) is 34.7 Å². The summed E-state index contributed by atoms with van der Waals surface area (Å²) in [6, 6.07) is 10.4. The smallest absolute Gasteiger partial charge is 0.240 e. The van der Waals surface area contributed by atoms with Gasteiger partial charge < -0.3 is 15.0 Å². The molecule has 0 bridgehead atoms. The number of rotatable bonds is 6. The van der Waals surface area contributed by atoms with Crippen LogP contribution in [0.3, 0.4) is 0 Å². The van der Waals surface area contributed by atoms with E-state index in [9.17, 15) is 4.79 Å². The lowest BCUT2D eigenvalue weighted by molar-refractivity contribution is -0.134. The van der Waals surface area contributed by atoms with Gasteiger partial charge in [-0.05, 0) is 18.4 Å². The van der Waals surface area contributed by atoms with E-state index < -0.39 is 0 Å². The number of hydrogen-bond acceptors (Lipinski definition) is 7. The number of benzene rings is 1. The highest BCUT2D eigenvalue weighted by Crippen LogP contribution is 2.39. The fraction of sp³-hybridized carbons (Fsp3) is 0.471. The Bertz CT molecular complexity index is 714. The predicted octanol–water partition coefficient (Wildman–Crippen LogP) is 2.80. The average Bonchev–Trinajstić information content (AvgIpc) is 3.37. The number of thioether (sulfide) groups is 1. The van der Waals surface area contributed by atoms with Crippen molar-refractivity contribution in [1.29, 1.82) is 0 Å². The van der Waals surface area contributed by atoms with E-state index >= 15 is 0 Å². The molecule has 2 aromatic rings. The standard InChI is InChI=1S/C17H20N4O2S2/c22-15(21-8-10-23-11-9-21)14(12-4-2-1-3-5-12)24-17-20-19-16(25-17)18-13-6-7-13/h1-5,13-14H,6-11H2,(H,18,19)/t14-/m1/s1. The number of nitrogens with one attached hydrogen (secondary N) is 1. The zero-order valence-corrected chi connectivity index (χ0v) is 15.4. The Labute approximate surface area is 155 Å². The summed E-state index contributed by atoms with van der Waals surface area (Å²) in [6.07, 6.45) is 2.40. The van der Waals surface area contributed by atoms with E-state index in [0.29, 0.717) is 32.3 Å². The van der Waals surface area contributed by atoms with Gasteiger partial charge >= 0.3 is 0 Å². The van der Waals surface area contributed by atoms with Crippen molar-refractivity contribution >= 4 is 34.1 Å². The molecule has 1 N–H and O–H groups in total. The van der Waals surface area contributed by atoms with E-state index in [1.165, 1.54) is 35.9 Å². The van der Waals surface area contributed by atoms with Gasteiger partial charge in [-0.1, -0.05) is 53.4 Å². The van der Waals surface area contributed by atoms with Gasteiger partial charge in [0, 0.05) is 19.1 Å². The zero-order valence-electron chi connectivity index (χ0n) is 13.8. The van der Waals surface area contributed by atoms with Crippen LogP contribution in [0.1, 0.15) is 23.7 Å². The first-order valence-corrected chi connectivity index (χ1v) is 10.2. The van der Waals surface area contributed by atoms with Crippen molar-refractivity contribution in [2.75, 3.05) is 31.6 Å². The number of aromatic nitrogens is 2. The first-order valence-electron chi connectivity index (χ1n) is 8.48. The molecule has 1 saturated carbocycles. The quantitative estimate of drug-likeness (QED) is 0.782. The van der Waals surface area contributed by atoms with Gasteiger partial charge in [-0.25, -0.2) is 0 Å². The molecule has 2 fully saturated rings. The fourth-order valence-electron chi connectivity index (χ4n) is 2.66. The van der Waals surface area contributed by atoms with Gasteiger partial charge in [-0.2, -0.15) is 0 Å². The Balaban J connectivity index is 1.52. The topological polar surface area (TPSA) is 67.4 Å². The molecule has 0 unspecified atom stereocenters. The second-order valence-electron chi connectivity index (χ2n) is 6.14.